The van der Waals surface area contributed by atoms with Crippen molar-refractivity contribution in [3.8, 4) is 0 Å². The molecular weight excluding hydrogens is 184 g/mol. The second-order valence-electron chi connectivity index (χ2n) is 4.52. The third kappa shape index (κ3) is 2.51. The number of nitrogens with one attached hydrogen (secondary N) is 1. The topological polar surface area (TPSA) is 15.3 Å². The molecule has 1 aromatic rings. The van der Waals surface area contributed by atoms with E-state index >= 15 is 0 Å². The third-order valence-corrected chi connectivity index (χ3v) is 3.27. The quantitative estimate of drug-likeness (QED) is 0.807. The zero-order valence-corrected chi connectivity index (χ0v) is 9.66. The monoisotopic (exact) mass is 204 g/mol. The number of benzene rings is 1. The van der Waals surface area contributed by atoms with Crippen LogP contribution in [0.3, 0.4) is 0 Å². The molecule has 1 aliphatic rings. The normalized spacial score (nSPS) is 16.1. The minimum Gasteiger partial charge on any atom is -0.374 e. The molecule has 1 aromatic carbocycles. The predicted octanol–water partition coefficient (Wildman–Crippen LogP) is 2.04. The Kier molecular flexibility index (Phi) is 3.27. The van der Waals surface area contributed by atoms with Crippen molar-refractivity contribution in [3.05, 3.63) is 29.8 Å². The Bertz CT molecular complexity index is 318. The first-order chi connectivity index (χ1) is 7.27. The van der Waals surface area contributed by atoms with E-state index in [1.165, 1.54) is 30.8 Å². The van der Waals surface area contributed by atoms with Gasteiger partial charge in [-0.05, 0) is 44.0 Å². The van der Waals surface area contributed by atoms with Crippen LogP contribution in [0.2, 0.25) is 0 Å². The van der Waals surface area contributed by atoms with Crippen LogP contribution in [0.15, 0.2) is 24.3 Å². The van der Waals surface area contributed by atoms with E-state index < -0.39 is 0 Å². The van der Waals surface area contributed by atoms with Crippen molar-refractivity contribution >= 4 is 5.69 Å². The van der Waals surface area contributed by atoms with Gasteiger partial charge < -0.3 is 10.2 Å². The van der Waals surface area contributed by atoms with Crippen LogP contribution < -0.4 is 10.2 Å². The zero-order chi connectivity index (χ0) is 10.7. The summed E-state index contributed by atoms with van der Waals surface area (Å²) < 4.78 is 0. The Morgan fingerprint density at radius 2 is 2.07 bits per heavy atom. The lowest BCUT2D eigenvalue weighted by atomic mass is 9.99. The number of nitrogens with zero attached hydrogens (tertiary/aromatic N) is 1. The van der Waals surface area contributed by atoms with Crippen molar-refractivity contribution in [1.29, 1.82) is 0 Å². The van der Waals surface area contributed by atoms with Gasteiger partial charge in [-0.1, -0.05) is 18.2 Å². The molecule has 0 amide bonds. The lowest BCUT2D eigenvalue weighted by molar-refractivity contribution is 0.330. The molecule has 0 saturated carbocycles. The van der Waals surface area contributed by atoms with Gasteiger partial charge in [-0.2, -0.15) is 0 Å². The molecule has 1 fully saturated rings. The number of hydrogen-bond acceptors (Lipinski definition) is 2. The first-order valence-electron chi connectivity index (χ1n) is 5.75. The molecule has 2 rings (SSSR count). The van der Waals surface area contributed by atoms with Gasteiger partial charge in [-0.15, -0.1) is 0 Å². The van der Waals surface area contributed by atoms with Crippen molar-refractivity contribution in [2.75, 3.05) is 31.6 Å². The van der Waals surface area contributed by atoms with Gasteiger partial charge >= 0.3 is 0 Å². The number of anilines is 1. The van der Waals surface area contributed by atoms with E-state index in [0.717, 1.165) is 12.5 Å². The molecule has 82 valence electrons. The average Bonchev–Trinajstić information content (AvgIpc) is 2.16. The highest BCUT2D eigenvalue weighted by atomic mass is 15.1. The molecular formula is C13H20N2. The van der Waals surface area contributed by atoms with Gasteiger partial charge in [0.1, 0.15) is 0 Å². The lowest BCUT2D eigenvalue weighted by Gasteiger charge is -2.30. The summed E-state index contributed by atoms with van der Waals surface area (Å²) in [4.78, 5) is 2.37. The second-order valence-corrected chi connectivity index (χ2v) is 4.52. The standard InChI is InChI=1S/C13H20N2/c1-11-5-3-4-6-13(11)15(2)8-7-12-9-14-10-12/h3-6,12,14H,7-10H2,1-2H3. The molecule has 0 aromatic heterocycles. The van der Waals surface area contributed by atoms with E-state index in [1.54, 1.807) is 0 Å². The van der Waals surface area contributed by atoms with Gasteiger partial charge in [0, 0.05) is 19.3 Å². The van der Waals surface area contributed by atoms with Gasteiger partial charge in [0.25, 0.3) is 0 Å². The maximum atomic E-state index is 3.32. The van der Waals surface area contributed by atoms with Gasteiger partial charge in [0.05, 0.1) is 0 Å². The average molecular weight is 204 g/mol. The third-order valence-electron chi connectivity index (χ3n) is 3.27. The molecule has 0 aliphatic carbocycles. The molecule has 1 N–H and O–H groups in total. The van der Waals surface area contributed by atoms with E-state index in [1.807, 2.05) is 0 Å². The molecule has 0 unspecified atom stereocenters. The van der Waals surface area contributed by atoms with E-state index in [9.17, 15) is 0 Å². The van der Waals surface area contributed by atoms with Crippen LogP contribution in [0.1, 0.15) is 12.0 Å². The van der Waals surface area contributed by atoms with E-state index in [2.05, 4.69) is 48.5 Å². The minimum absolute atomic E-state index is 0.900. The molecule has 0 bridgehead atoms. The highest BCUT2D eigenvalue weighted by molar-refractivity contribution is 5.52. The largest absolute Gasteiger partial charge is 0.374 e. The first-order valence-corrected chi connectivity index (χ1v) is 5.75. The molecule has 0 atom stereocenters. The van der Waals surface area contributed by atoms with Crippen LogP contribution in [-0.4, -0.2) is 26.7 Å². The van der Waals surface area contributed by atoms with Crippen LogP contribution in [0.4, 0.5) is 5.69 Å². The number of aryl methyl sites for hydroxylation is 1. The van der Waals surface area contributed by atoms with Gasteiger partial charge in [0.15, 0.2) is 0 Å². The summed E-state index contributed by atoms with van der Waals surface area (Å²) in [6, 6.07) is 8.59. The zero-order valence-electron chi connectivity index (χ0n) is 9.66. The Hall–Kier alpha value is -1.02. The second kappa shape index (κ2) is 4.67. The molecule has 2 nitrogen and oxygen atoms in total. The number of rotatable bonds is 4. The fourth-order valence-electron chi connectivity index (χ4n) is 2.04. The maximum absolute atomic E-state index is 3.32. The smallest absolute Gasteiger partial charge is 0.0393 e. The summed E-state index contributed by atoms with van der Waals surface area (Å²) in [7, 11) is 2.19. The summed E-state index contributed by atoms with van der Waals surface area (Å²) >= 11 is 0. The van der Waals surface area contributed by atoms with Crippen molar-refractivity contribution in [2.24, 2.45) is 5.92 Å². The Balaban J connectivity index is 1.89. The van der Waals surface area contributed by atoms with Crippen LogP contribution in [0, 0.1) is 12.8 Å². The van der Waals surface area contributed by atoms with Crippen molar-refractivity contribution in [3.63, 3.8) is 0 Å². The molecule has 0 spiro atoms. The van der Waals surface area contributed by atoms with Crippen LogP contribution >= 0.6 is 0 Å². The summed E-state index contributed by atoms with van der Waals surface area (Å²) in [6.07, 6.45) is 1.30. The first kappa shape index (κ1) is 10.5. The fourth-order valence-corrected chi connectivity index (χ4v) is 2.04. The summed E-state index contributed by atoms with van der Waals surface area (Å²) in [5.41, 5.74) is 2.73. The van der Waals surface area contributed by atoms with Crippen LogP contribution in [0.25, 0.3) is 0 Å². The van der Waals surface area contributed by atoms with E-state index in [-0.39, 0.29) is 0 Å². The minimum atomic E-state index is 0.900. The summed E-state index contributed by atoms with van der Waals surface area (Å²) in [6.45, 7) is 5.76. The van der Waals surface area contributed by atoms with Crippen molar-refractivity contribution in [1.82, 2.24) is 5.32 Å². The van der Waals surface area contributed by atoms with E-state index in [0.29, 0.717) is 0 Å². The van der Waals surface area contributed by atoms with Gasteiger partial charge in [0.2, 0.25) is 0 Å². The predicted molar refractivity (Wildman–Crippen MR) is 65.4 cm³/mol. The number of para-hydroxylation sites is 1. The van der Waals surface area contributed by atoms with Crippen molar-refractivity contribution in [2.45, 2.75) is 13.3 Å². The van der Waals surface area contributed by atoms with E-state index in [4.69, 9.17) is 0 Å². The highest BCUT2D eigenvalue weighted by Gasteiger charge is 2.16. The molecule has 1 heterocycles. The van der Waals surface area contributed by atoms with Crippen molar-refractivity contribution < 1.29 is 0 Å². The molecule has 2 heteroatoms. The molecule has 1 aliphatic heterocycles. The van der Waals surface area contributed by atoms with Crippen LogP contribution in [-0.2, 0) is 0 Å². The van der Waals surface area contributed by atoms with Gasteiger partial charge in [-0.3, -0.25) is 0 Å². The number of hydrogen-bond donors (Lipinski definition) is 1. The Morgan fingerprint density at radius 3 is 2.67 bits per heavy atom. The van der Waals surface area contributed by atoms with Crippen LogP contribution in [0.5, 0.6) is 0 Å². The Labute approximate surface area is 92.3 Å². The summed E-state index contributed by atoms with van der Waals surface area (Å²) in [5.74, 6) is 0.900. The lowest BCUT2D eigenvalue weighted by Crippen LogP contribution is -2.43. The summed E-state index contributed by atoms with van der Waals surface area (Å²) in [5, 5.41) is 3.32. The molecule has 0 radical (unpaired) electrons. The SMILES string of the molecule is Cc1ccccc1N(C)CCC1CNC1. The highest BCUT2D eigenvalue weighted by Crippen LogP contribution is 2.19. The Morgan fingerprint density at radius 1 is 1.33 bits per heavy atom. The maximum Gasteiger partial charge on any atom is 0.0393 e. The molecule has 15 heavy (non-hydrogen) atoms. The fraction of sp³-hybridized carbons (Fsp3) is 0.538. The molecule has 1 saturated heterocycles. The van der Waals surface area contributed by atoms with Gasteiger partial charge in [-0.25, -0.2) is 0 Å².